The van der Waals surface area contributed by atoms with Gasteiger partial charge in [-0.3, -0.25) is 4.79 Å². The molecule has 0 aromatic heterocycles. The van der Waals surface area contributed by atoms with Crippen LogP contribution < -0.4 is 0 Å². The van der Waals surface area contributed by atoms with E-state index in [0.717, 1.165) is 23.1 Å². The van der Waals surface area contributed by atoms with E-state index in [9.17, 15) is 17.6 Å². The molecule has 4 nitrogen and oxygen atoms in total. The predicted molar refractivity (Wildman–Crippen MR) is 57.5 cm³/mol. The Morgan fingerprint density at radius 1 is 1.38 bits per heavy atom. The number of hydrogen-bond acceptors (Lipinski definition) is 3. The van der Waals surface area contributed by atoms with Gasteiger partial charge in [-0.1, -0.05) is 0 Å². The molecule has 0 unspecified atom stereocenters. The Morgan fingerprint density at radius 2 is 1.94 bits per heavy atom. The number of halogens is 2. The molecule has 1 rings (SSSR count). The molecule has 0 aliphatic heterocycles. The van der Waals surface area contributed by atoms with E-state index in [0.29, 0.717) is 0 Å². The van der Waals surface area contributed by atoms with Crippen LogP contribution in [0, 0.1) is 5.82 Å². The second-order valence-electron chi connectivity index (χ2n) is 3.28. The van der Waals surface area contributed by atoms with Gasteiger partial charge < -0.3 is 4.90 Å². The maximum atomic E-state index is 13.3. The molecule has 0 fully saturated rings. The van der Waals surface area contributed by atoms with Gasteiger partial charge in [0.1, 0.15) is 5.82 Å². The van der Waals surface area contributed by atoms with Crippen LogP contribution in [0.5, 0.6) is 0 Å². The maximum absolute atomic E-state index is 13.3. The van der Waals surface area contributed by atoms with Crippen LogP contribution in [0.2, 0.25) is 0 Å². The van der Waals surface area contributed by atoms with Crippen molar-refractivity contribution in [1.82, 2.24) is 4.90 Å². The van der Waals surface area contributed by atoms with Gasteiger partial charge in [0.2, 0.25) is 0 Å². The maximum Gasteiger partial charge on any atom is 0.261 e. The summed E-state index contributed by atoms with van der Waals surface area (Å²) in [6.45, 7) is 0. The molecule has 0 heterocycles. The third-order valence-corrected chi connectivity index (χ3v) is 3.21. The van der Waals surface area contributed by atoms with Crippen molar-refractivity contribution in [2.75, 3.05) is 14.1 Å². The number of benzene rings is 1. The molecule has 0 saturated heterocycles. The summed E-state index contributed by atoms with van der Waals surface area (Å²) in [6, 6.07) is 2.82. The Hall–Kier alpha value is -1.14. The van der Waals surface area contributed by atoms with Crippen LogP contribution in [0.3, 0.4) is 0 Å². The van der Waals surface area contributed by atoms with Crippen molar-refractivity contribution >= 4 is 25.6 Å². The third kappa shape index (κ3) is 2.70. The van der Waals surface area contributed by atoms with Crippen molar-refractivity contribution in [3.05, 3.63) is 29.6 Å². The molecule has 0 N–H and O–H groups in total. The zero-order valence-electron chi connectivity index (χ0n) is 8.57. The second kappa shape index (κ2) is 4.39. The highest BCUT2D eigenvalue weighted by molar-refractivity contribution is 8.13. The summed E-state index contributed by atoms with van der Waals surface area (Å²) < 4.78 is 35.3. The van der Waals surface area contributed by atoms with Crippen LogP contribution in [0.1, 0.15) is 10.4 Å². The van der Waals surface area contributed by atoms with Gasteiger partial charge in [0.05, 0.1) is 10.5 Å². The lowest BCUT2D eigenvalue weighted by Crippen LogP contribution is -2.23. The molecule has 1 aromatic rings. The molecule has 1 aromatic carbocycles. The van der Waals surface area contributed by atoms with E-state index >= 15 is 0 Å². The minimum Gasteiger partial charge on any atom is -0.345 e. The molecule has 0 bridgehead atoms. The third-order valence-electron chi connectivity index (χ3n) is 1.86. The Labute approximate surface area is 97.0 Å². The van der Waals surface area contributed by atoms with Crippen LogP contribution in [0.15, 0.2) is 23.1 Å². The first-order valence-corrected chi connectivity index (χ1v) is 6.50. The summed E-state index contributed by atoms with van der Waals surface area (Å²) >= 11 is 0. The Balaban J connectivity index is 3.36. The number of nitrogens with zero attached hydrogens (tertiary/aromatic N) is 1. The zero-order valence-corrected chi connectivity index (χ0v) is 10.1. The summed E-state index contributed by atoms with van der Waals surface area (Å²) in [6.07, 6.45) is 0. The second-order valence-corrected chi connectivity index (χ2v) is 5.85. The van der Waals surface area contributed by atoms with E-state index in [2.05, 4.69) is 0 Å². The molecule has 7 heteroatoms. The quantitative estimate of drug-likeness (QED) is 0.761. The van der Waals surface area contributed by atoms with Gasteiger partial charge in [0, 0.05) is 24.8 Å². The van der Waals surface area contributed by atoms with E-state index in [-0.39, 0.29) is 10.5 Å². The Kier molecular flexibility index (Phi) is 3.54. The summed E-state index contributed by atoms with van der Waals surface area (Å²) in [4.78, 5) is 12.3. The largest absolute Gasteiger partial charge is 0.345 e. The van der Waals surface area contributed by atoms with Gasteiger partial charge in [-0.2, -0.15) is 0 Å². The first kappa shape index (κ1) is 12.9. The summed E-state index contributed by atoms with van der Waals surface area (Å²) in [5, 5.41) is 0. The fraction of sp³-hybridized carbons (Fsp3) is 0.222. The number of hydrogen-bond donors (Lipinski definition) is 0. The van der Waals surface area contributed by atoms with Gasteiger partial charge in [-0.25, -0.2) is 12.8 Å². The summed E-state index contributed by atoms with van der Waals surface area (Å²) in [7, 11) is 3.99. The fourth-order valence-electron chi connectivity index (χ4n) is 1.06. The SMILES string of the molecule is CN(C)C(=O)c1cc(S(=O)(=O)Cl)ccc1F. The standard InChI is InChI=1S/C9H9ClFNO3S/c1-12(2)9(13)7-5-6(16(10,14)15)3-4-8(7)11/h3-5H,1-2H3. The average Bonchev–Trinajstić information content (AvgIpc) is 2.15. The monoisotopic (exact) mass is 265 g/mol. The van der Waals surface area contributed by atoms with Crippen molar-refractivity contribution in [3.63, 3.8) is 0 Å². The van der Waals surface area contributed by atoms with E-state index in [1.807, 2.05) is 0 Å². The van der Waals surface area contributed by atoms with Gasteiger partial charge in [0.15, 0.2) is 0 Å². The minimum atomic E-state index is -3.97. The van der Waals surface area contributed by atoms with Gasteiger partial charge in [-0.05, 0) is 18.2 Å². The normalized spacial score (nSPS) is 11.2. The molecule has 0 radical (unpaired) electrons. The van der Waals surface area contributed by atoms with Gasteiger partial charge in [-0.15, -0.1) is 0 Å². The highest BCUT2D eigenvalue weighted by Gasteiger charge is 2.18. The van der Waals surface area contributed by atoms with Crippen molar-refractivity contribution < 1.29 is 17.6 Å². The zero-order chi connectivity index (χ0) is 12.5. The highest BCUT2D eigenvalue weighted by Crippen LogP contribution is 2.19. The molecule has 88 valence electrons. The first-order chi connectivity index (χ1) is 7.23. The molecule has 0 aliphatic rings. The summed E-state index contributed by atoms with van der Waals surface area (Å²) in [5.74, 6) is -1.41. The number of carbonyl (C=O) groups excluding carboxylic acids is 1. The van der Waals surface area contributed by atoms with Crippen molar-refractivity contribution in [2.24, 2.45) is 0 Å². The Bertz CT molecular complexity index is 528. The van der Waals surface area contributed by atoms with Crippen molar-refractivity contribution in [2.45, 2.75) is 4.90 Å². The van der Waals surface area contributed by atoms with Gasteiger partial charge in [0.25, 0.3) is 15.0 Å². The van der Waals surface area contributed by atoms with E-state index in [4.69, 9.17) is 10.7 Å². The number of rotatable bonds is 2. The molecule has 0 aliphatic carbocycles. The molecule has 0 spiro atoms. The highest BCUT2D eigenvalue weighted by atomic mass is 35.7. The van der Waals surface area contributed by atoms with E-state index in [1.165, 1.54) is 14.1 Å². The minimum absolute atomic E-state index is 0.305. The first-order valence-electron chi connectivity index (χ1n) is 4.19. The van der Waals surface area contributed by atoms with Crippen molar-refractivity contribution in [3.8, 4) is 0 Å². The number of amides is 1. The van der Waals surface area contributed by atoms with E-state index < -0.39 is 20.8 Å². The molecule has 16 heavy (non-hydrogen) atoms. The lowest BCUT2D eigenvalue weighted by Gasteiger charge is -2.11. The fourth-order valence-corrected chi connectivity index (χ4v) is 1.84. The molecule has 0 saturated carbocycles. The number of carbonyl (C=O) groups is 1. The van der Waals surface area contributed by atoms with Crippen LogP contribution in [-0.2, 0) is 9.05 Å². The van der Waals surface area contributed by atoms with Crippen LogP contribution in [-0.4, -0.2) is 33.3 Å². The molecular weight excluding hydrogens is 257 g/mol. The van der Waals surface area contributed by atoms with E-state index in [1.54, 1.807) is 0 Å². The van der Waals surface area contributed by atoms with Crippen LogP contribution in [0.25, 0.3) is 0 Å². The predicted octanol–water partition coefficient (Wildman–Crippen LogP) is 1.45. The summed E-state index contributed by atoms with van der Waals surface area (Å²) in [5.41, 5.74) is -0.327. The smallest absolute Gasteiger partial charge is 0.261 e. The molecular formula is C9H9ClFNO3S. The average molecular weight is 266 g/mol. The van der Waals surface area contributed by atoms with Crippen LogP contribution in [0.4, 0.5) is 4.39 Å². The molecule has 0 atom stereocenters. The lowest BCUT2D eigenvalue weighted by atomic mass is 10.2. The Morgan fingerprint density at radius 3 is 2.38 bits per heavy atom. The molecule has 1 amide bonds. The van der Waals surface area contributed by atoms with Gasteiger partial charge >= 0.3 is 0 Å². The van der Waals surface area contributed by atoms with Crippen molar-refractivity contribution in [1.29, 1.82) is 0 Å². The van der Waals surface area contributed by atoms with Crippen LogP contribution >= 0.6 is 10.7 Å². The topological polar surface area (TPSA) is 54.5 Å². The lowest BCUT2D eigenvalue weighted by molar-refractivity contribution is 0.0823.